The van der Waals surface area contributed by atoms with Gasteiger partial charge in [0.1, 0.15) is 6.10 Å². The van der Waals surface area contributed by atoms with E-state index in [1.807, 2.05) is 6.07 Å². The lowest BCUT2D eigenvalue weighted by molar-refractivity contribution is -0.384. The normalized spacial score (nSPS) is 11.8. The Labute approximate surface area is 184 Å². The van der Waals surface area contributed by atoms with Crippen LogP contribution in [0.2, 0.25) is 0 Å². The first-order valence-electron chi connectivity index (χ1n) is 9.30. The molecule has 0 spiro atoms. The Morgan fingerprint density at radius 1 is 1.03 bits per heavy atom. The summed E-state index contributed by atoms with van der Waals surface area (Å²) in [5.41, 5.74) is 0.442. The molecule has 32 heavy (non-hydrogen) atoms. The molecule has 0 saturated heterocycles. The van der Waals surface area contributed by atoms with Gasteiger partial charge in [0.15, 0.2) is 0 Å². The molecule has 0 radical (unpaired) electrons. The number of ether oxygens (including phenoxy) is 1. The summed E-state index contributed by atoms with van der Waals surface area (Å²) in [6, 6.07) is 20.2. The van der Waals surface area contributed by atoms with Crippen molar-refractivity contribution in [2.75, 3.05) is 4.31 Å². The third-order valence-corrected chi connectivity index (χ3v) is 6.25. The largest absolute Gasteiger partial charge is 0.440 e. The maximum Gasteiger partial charge on any atom is 0.429 e. The van der Waals surface area contributed by atoms with Crippen LogP contribution in [0.25, 0.3) is 0 Å². The van der Waals surface area contributed by atoms with Gasteiger partial charge in [-0.2, -0.15) is 9.57 Å². The van der Waals surface area contributed by atoms with Crippen molar-refractivity contribution in [1.29, 1.82) is 5.26 Å². The number of nitrogens with zero attached hydrogens (tertiary/aromatic N) is 3. The number of hydrogen-bond donors (Lipinski definition) is 0. The van der Waals surface area contributed by atoms with E-state index in [9.17, 15) is 28.6 Å². The minimum Gasteiger partial charge on any atom is -0.440 e. The van der Waals surface area contributed by atoms with Crippen LogP contribution in [0.15, 0.2) is 83.8 Å². The number of nitro benzene ring substituents is 1. The van der Waals surface area contributed by atoms with Gasteiger partial charge in [-0.3, -0.25) is 10.1 Å². The zero-order chi connectivity index (χ0) is 23.3. The average Bonchev–Trinajstić information content (AvgIpc) is 2.79. The minimum atomic E-state index is -4.47. The molecule has 1 atom stereocenters. The first-order valence-corrected chi connectivity index (χ1v) is 10.7. The molecule has 0 aliphatic rings. The molecule has 0 aromatic heterocycles. The molecule has 0 bridgehead atoms. The van der Waals surface area contributed by atoms with Gasteiger partial charge in [0, 0.05) is 17.7 Å². The molecule has 3 aromatic carbocycles. The number of carbonyl (C=O) groups excluding carboxylic acids is 1. The quantitative estimate of drug-likeness (QED) is 0.396. The van der Waals surface area contributed by atoms with Gasteiger partial charge in [0.2, 0.25) is 0 Å². The van der Waals surface area contributed by atoms with Crippen LogP contribution in [0.5, 0.6) is 0 Å². The monoisotopic (exact) mass is 451 g/mol. The first kappa shape index (κ1) is 22.5. The summed E-state index contributed by atoms with van der Waals surface area (Å²) >= 11 is 0. The van der Waals surface area contributed by atoms with Crippen molar-refractivity contribution in [3.63, 3.8) is 0 Å². The molecule has 1 amide bonds. The summed E-state index contributed by atoms with van der Waals surface area (Å²) in [6.07, 6.45) is -2.11. The lowest BCUT2D eigenvalue weighted by Gasteiger charge is -2.24. The number of sulfonamides is 1. The number of non-ortho nitro benzene ring substituents is 1. The van der Waals surface area contributed by atoms with E-state index >= 15 is 0 Å². The zero-order valence-electron chi connectivity index (χ0n) is 16.8. The van der Waals surface area contributed by atoms with Crippen LogP contribution >= 0.6 is 0 Å². The van der Waals surface area contributed by atoms with Crippen molar-refractivity contribution in [2.24, 2.45) is 0 Å². The van der Waals surface area contributed by atoms with E-state index in [0.29, 0.717) is 9.87 Å². The number of benzene rings is 3. The van der Waals surface area contributed by atoms with Gasteiger partial charge in [-0.05, 0) is 37.3 Å². The van der Waals surface area contributed by atoms with Crippen molar-refractivity contribution in [3.05, 3.63) is 100 Å². The summed E-state index contributed by atoms with van der Waals surface area (Å²) in [6.45, 7) is 1.52. The molecule has 0 aliphatic carbocycles. The maximum atomic E-state index is 13.3. The number of para-hydroxylation sites is 1. The van der Waals surface area contributed by atoms with E-state index < -0.39 is 27.1 Å². The second kappa shape index (κ2) is 9.28. The summed E-state index contributed by atoms with van der Waals surface area (Å²) in [7, 11) is -4.47. The predicted octanol–water partition coefficient (Wildman–Crippen LogP) is 4.56. The molecule has 0 N–H and O–H groups in total. The fourth-order valence-corrected chi connectivity index (χ4v) is 4.30. The molecule has 1 unspecified atom stereocenters. The summed E-state index contributed by atoms with van der Waals surface area (Å²) in [4.78, 5) is 23.0. The molecule has 9 nitrogen and oxygen atoms in total. The second-order valence-corrected chi connectivity index (χ2v) is 8.37. The number of amides is 1. The molecular formula is C22H17N3O6S. The van der Waals surface area contributed by atoms with Gasteiger partial charge in [-0.25, -0.2) is 13.2 Å². The standard InChI is InChI=1S/C22H17N3O6S/c1-16(21-10-6-5-7-17(21)15-23)31-22(26)24(18-8-3-2-4-9-18)32(29,30)20-13-11-19(12-14-20)25(27)28/h2-14,16H,1H3. The van der Waals surface area contributed by atoms with E-state index in [0.717, 1.165) is 24.3 Å². The van der Waals surface area contributed by atoms with Crippen molar-refractivity contribution in [1.82, 2.24) is 0 Å². The fourth-order valence-electron chi connectivity index (χ4n) is 2.97. The van der Waals surface area contributed by atoms with E-state index in [1.165, 1.54) is 19.1 Å². The Kier molecular flexibility index (Phi) is 6.51. The van der Waals surface area contributed by atoms with Crippen LogP contribution in [0.1, 0.15) is 24.2 Å². The van der Waals surface area contributed by atoms with Gasteiger partial charge < -0.3 is 4.74 Å². The number of nitriles is 1. The van der Waals surface area contributed by atoms with Crippen molar-refractivity contribution >= 4 is 27.5 Å². The lowest BCUT2D eigenvalue weighted by Crippen LogP contribution is -2.38. The number of rotatable bonds is 6. The molecule has 0 fully saturated rings. The third-order valence-electron chi connectivity index (χ3n) is 4.54. The van der Waals surface area contributed by atoms with Crippen LogP contribution in [0.4, 0.5) is 16.2 Å². The van der Waals surface area contributed by atoms with E-state index in [-0.39, 0.29) is 21.8 Å². The Balaban J connectivity index is 2.00. The SMILES string of the molecule is CC(OC(=O)N(c1ccccc1)S(=O)(=O)c1ccc([N+](=O)[O-])cc1)c1ccccc1C#N. The summed E-state index contributed by atoms with van der Waals surface area (Å²) in [5, 5.41) is 20.2. The topological polar surface area (TPSA) is 131 Å². The fraction of sp³-hybridized carbons (Fsp3) is 0.0909. The third kappa shape index (κ3) is 4.58. The second-order valence-electron chi connectivity index (χ2n) is 6.58. The molecule has 10 heteroatoms. The van der Waals surface area contributed by atoms with Gasteiger partial charge in [-0.15, -0.1) is 0 Å². The molecule has 0 saturated carbocycles. The van der Waals surface area contributed by atoms with Crippen molar-refractivity contribution < 1.29 is 22.9 Å². The zero-order valence-corrected chi connectivity index (χ0v) is 17.6. The van der Waals surface area contributed by atoms with Gasteiger partial charge >= 0.3 is 6.09 Å². The first-order chi connectivity index (χ1) is 15.3. The van der Waals surface area contributed by atoms with E-state index in [1.54, 1.807) is 42.5 Å². The lowest BCUT2D eigenvalue weighted by atomic mass is 10.0. The average molecular weight is 451 g/mol. The maximum absolute atomic E-state index is 13.3. The van der Waals surface area contributed by atoms with Crippen molar-refractivity contribution in [3.8, 4) is 6.07 Å². The van der Waals surface area contributed by atoms with E-state index in [2.05, 4.69) is 0 Å². The van der Waals surface area contributed by atoms with Crippen molar-refractivity contribution in [2.45, 2.75) is 17.9 Å². The van der Waals surface area contributed by atoms with Gasteiger partial charge in [0.05, 0.1) is 27.1 Å². The molecule has 3 rings (SSSR count). The molecule has 3 aromatic rings. The van der Waals surface area contributed by atoms with Crippen LogP contribution in [0.3, 0.4) is 0 Å². The Morgan fingerprint density at radius 2 is 1.62 bits per heavy atom. The van der Waals surface area contributed by atoms with Crippen LogP contribution < -0.4 is 4.31 Å². The van der Waals surface area contributed by atoms with E-state index in [4.69, 9.17) is 4.74 Å². The number of anilines is 1. The smallest absolute Gasteiger partial charge is 0.429 e. The minimum absolute atomic E-state index is 0.0246. The summed E-state index contributed by atoms with van der Waals surface area (Å²) in [5.74, 6) is 0. The molecule has 0 heterocycles. The number of hydrogen-bond acceptors (Lipinski definition) is 7. The number of nitro groups is 1. The Morgan fingerprint density at radius 3 is 2.22 bits per heavy atom. The molecular weight excluding hydrogens is 434 g/mol. The highest BCUT2D eigenvalue weighted by Crippen LogP contribution is 2.28. The Bertz CT molecular complexity index is 1290. The van der Waals surface area contributed by atoms with Crippen LogP contribution in [-0.4, -0.2) is 19.4 Å². The van der Waals surface area contributed by atoms with Gasteiger partial charge in [0.25, 0.3) is 15.7 Å². The Hall–Kier alpha value is -4.23. The number of carbonyl (C=O) groups is 1. The summed E-state index contributed by atoms with van der Waals surface area (Å²) < 4.78 is 32.5. The predicted molar refractivity (Wildman–Crippen MR) is 115 cm³/mol. The molecule has 162 valence electrons. The van der Waals surface area contributed by atoms with Crippen LogP contribution in [-0.2, 0) is 14.8 Å². The highest BCUT2D eigenvalue weighted by atomic mass is 32.2. The van der Waals surface area contributed by atoms with Crippen LogP contribution in [0, 0.1) is 21.4 Å². The highest BCUT2D eigenvalue weighted by molar-refractivity contribution is 7.93. The van der Waals surface area contributed by atoms with Gasteiger partial charge in [-0.1, -0.05) is 36.4 Å². The molecule has 0 aliphatic heterocycles. The highest BCUT2D eigenvalue weighted by Gasteiger charge is 2.34.